The van der Waals surface area contributed by atoms with Crippen LogP contribution < -0.4 is 0 Å². The van der Waals surface area contributed by atoms with E-state index in [2.05, 4.69) is 9.97 Å². The number of allylic oxidation sites excluding steroid dienone is 1. The number of nitriles is 1. The Labute approximate surface area is 73.7 Å². The Kier molecular flexibility index (Phi) is 2.76. The summed E-state index contributed by atoms with van der Waals surface area (Å²) in [4.78, 5) is 15.8. The van der Waals surface area contributed by atoms with Crippen LogP contribution in [-0.4, -0.2) is 14.9 Å². The summed E-state index contributed by atoms with van der Waals surface area (Å²) in [5.74, 6) is 0.221. The lowest BCUT2D eigenvalue weighted by Crippen LogP contribution is -1.86. The van der Waals surface area contributed by atoms with E-state index in [4.69, 9.17) is 5.26 Å². The van der Waals surface area contributed by atoms with E-state index in [0.29, 0.717) is 5.82 Å². The third-order valence-electron chi connectivity index (χ3n) is 1.26. The van der Waals surface area contributed by atoms with Gasteiger partial charge in [-0.25, -0.2) is 9.97 Å². The van der Waals surface area contributed by atoms with Crippen LogP contribution in [0, 0.1) is 21.4 Å². The van der Waals surface area contributed by atoms with E-state index in [0.717, 1.165) is 6.20 Å². The van der Waals surface area contributed by atoms with Crippen LogP contribution >= 0.6 is 0 Å². The van der Waals surface area contributed by atoms with Gasteiger partial charge in [-0.15, -0.1) is 0 Å². The van der Waals surface area contributed by atoms with Crippen LogP contribution in [0.2, 0.25) is 0 Å². The van der Waals surface area contributed by atoms with Crippen molar-refractivity contribution in [3.63, 3.8) is 0 Å². The van der Waals surface area contributed by atoms with Crippen LogP contribution in [0.5, 0.6) is 0 Å². The maximum absolute atomic E-state index is 10.2. The molecule has 0 radical (unpaired) electrons. The fourth-order valence-electron chi connectivity index (χ4n) is 0.727. The Balaban J connectivity index is 2.70. The van der Waals surface area contributed by atoms with Gasteiger partial charge in [0, 0.05) is 6.08 Å². The maximum Gasteiger partial charge on any atom is 0.340 e. The predicted octanol–water partition coefficient (Wildman–Crippen LogP) is 1.24. The average Bonchev–Trinajstić information content (AvgIpc) is 2.53. The number of imidazole rings is 1. The molecule has 1 heterocycles. The lowest BCUT2D eigenvalue weighted by Gasteiger charge is -1.84. The van der Waals surface area contributed by atoms with Gasteiger partial charge in [0.25, 0.3) is 0 Å². The van der Waals surface area contributed by atoms with Gasteiger partial charge in [0.2, 0.25) is 5.82 Å². The molecule has 0 atom stereocenters. The molecule has 6 nitrogen and oxygen atoms in total. The fraction of sp³-hybridized carbons (Fsp3) is 0.143. The highest BCUT2D eigenvalue weighted by Gasteiger charge is 2.06. The van der Waals surface area contributed by atoms with Crippen molar-refractivity contribution in [3.05, 3.63) is 28.2 Å². The zero-order valence-corrected chi connectivity index (χ0v) is 6.60. The third-order valence-corrected chi connectivity index (χ3v) is 1.26. The van der Waals surface area contributed by atoms with Gasteiger partial charge in [-0.1, -0.05) is 6.08 Å². The number of H-pyrrole nitrogens is 1. The van der Waals surface area contributed by atoms with Gasteiger partial charge in [0.1, 0.15) is 6.20 Å². The molecule has 1 rings (SSSR count). The van der Waals surface area contributed by atoms with E-state index < -0.39 is 4.92 Å². The second kappa shape index (κ2) is 4.01. The van der Waals surface area contributed by atoms with Crippen molar-refractivity contribution in [1.29, 1.82) is 5.26 Å². The van der Waals surface area contributed by atoms with Crippen molar-refractivity contribution in [2.24, 2.45) is 0 Å². The summed E-state index contributed by atoms with van der Waals surface area (Å²) < 4.78 is 0. The standard InChI is InChI=1S/C7H6N4O2/c8-4-2-1-3-6-9-5-7(10-6)11(12)13/h1,3,5H,2H2,(H,9,10). The molecule has 0 amide bonds. The molecule has 0 bridgehead atoms. The molecule has 0 unspecified atom stereocenters. The lowest BCUT2D eigenvalue weighted by molar-refractivity contribution is -0.389. The highest BCUT2D eigenvalue weighted by Crippen LogP contribution is 2.07. The Hall–Kier alpha value is -2.16. The first kappa shape index (κ1) is 8.93. The summed E-state index contributed by atoms with van der Waals surface area (Å²) in [7, 11) is 0. The largest absolute Gasteiger partial charge is 0.358 e. The number of hydrogen-bond acceptors (Lipinski definition) is 4. The molecule has 13 heavy (non-hydrogen) atoms. The molecular formula is C7H6N4O2. The Morgan fingerprint density at radius 3 is 3.15 bits per heavy atom. The minimum absolute atomic E-state index is 0.156. The average molecular weight is 178 g/mol. The second-order valence-electron chi connectivity index (χ2n) is 2.18. The number of aromatic nitrogens is 2. The smallest absolute Gasteiger partial charge is 0.340 e. The van der Waals surface area contributed by atoms with Crippen LogP contribution in [0.4, 0.5) is 5.82 Å². The van der Waals surface area contributed by atoms with Crippen LogP contribution in [0.25, 0.3) is 6.08 Å². The fourth-order valence-corrected chi connectivity index (χ4v) is 0.727. The van der Waals surface area contributed by atoms with Gasteiger partial charge in [-0.05, 0) is 4.92 Å². The normalized spacial score (nSPS) is 10.1. The molecule has 0 fully saturated rings. The monoisotopic (exact) mass is 178 g/mol. The number of nitro groups is 1. The first-order chi connectivity index (χ1) is 6.24. The van der Waals surface area contributed by atoms with Crippen molar-refractivity contribution >= 4 is 11.9 Å². The maximum atomic E-state index is 10.2. The highest BCUT2D eigenvalue weighted by molar-refractivity contribution is 5.42. The molecule has 6 heteroatoms. The van der Waals surface area contributed by atoms with Gasteiger partial charge in [0.15, 0.2) is 0 Å². The van der Waals surface area contributed by atoms with Crippen molar-refractivity contribution in [3.8, 4) is 6.07 Å². The molecule has 1 N–H and O–H groups in total. The van der Waals surface area contributed by atoms with E-state index in [1.54, 1.807) is 6.08 Å². The molecule has 0 aliphatic heterocycles. The zero-order chi connectivity index (χ0) is 9.68. The van der Waals surface area contributed by atoms with Gasteiger partial charge in [-0.3, -0.25) is 0 Å². The molecule has 1 aromatic rings. The summed E-state index contributed by atoms with van der Waals surface area (Å²) in [5.41, 5.74) is 0. The number of rotatable bonds is 3. The summed E-state index contributed by atoms with van der Waals surface area (Å²) in [6, 6.07) is 1.91. The number of aromatic amines is 1. The number of hydrogen-bond donors (Lipinski definition) is 1. The molecule has 0 aliphatic rings. The van der Waals surface area contributed by atoms with E-state index in [-0.39, 0.29) is 12.2 Å². The van der Waals surface area contributed by atoms with Gasteiger partial charge in [-0.2, -0.15) is 5.26 Å². The first-order valence-electron chi connectivity index (χ1n) is 3.47. The van der Waals surface area contributed by atoms with Crippen LogP contribution in [0.3, 0.4) is 0 Å². The summed E-state index contributed by atoms with van der Waals surface area (Å²) in [6.07, 6.45) is 4.49. The molecule has 1 aromatic heterocycles. The van der Waals surface area contributed by atoms with Gasteiger partial charge in [0.05, 0.1) is 12.5 Å². The van der Waals surface area contributed by atoms with Gasteiger partial charge >= 0.3 is 5.82 Å². The Morgan fingerprint density at radius 2 is 2.62 bits per heavy atom. The van der Waals surface area contributed by atoms with E-state index in [9.17, 15) is 10.1 Å². The zero-order valence-electron chi connectivity index (χ0n) is 6.60. The van der Waals surface area contributed by atoms with Crippen molar-refractivity contribution in [1.82, 2.24) is 9.97 Å². The van der Waals surface area contributed by atoms with Crippen LogP contribution in [-0.2, 0) is 0 Å². The summed E-state index contributed by atoms with van der Waals surface area (Å²) >= 11 is 0. The van der Waals surface area contributed by atoms with Crippen molar-refractivity contribution in [2.45, 2.75) is 6.42 Å². The molecule has 0 aliphatic carbocycles. The summed E-state index contributed by atoms with van der Waals surface area (Å²) in [5, 5.41) is 18.4. The highest BCUT2D eigenvalue weighted by atomic mass is 16.6. The molecule has 0 aromatic carbocycles. The molecule has 66 valence electrons. The summed E-state index contributed by atoms with van der Waals surface area (Å²) in [6.45, 7) is 0. The van der Waals surface area contributed by atoms with E-state index >= 15 is 0 Å². The van der Waals surface area contributed by atoms with Crippen LogP contribution in [0.1, 0.15) is 12.2 Å². The second-order valence-corrected chi connectivity index (χ2v) is 2.18. The SMILES string of the molecule is N#CCC=Cc1ncc([N+](=O)[O-])[nH]1. The quantitative estimate of drug-likeness (QED) is 0.556. The van der Waals surface area contributed by atoms with E-state index in [1.165, 1.54) is 6.08 Å². The Morgan fingerprint density at radius 1 is 1.85 bits per heavy atom. The van der Waals surface area contributed by atoms with E-state index in [1.807, 2.05) is 6.07 Å². The molecule has 0 saturated carbocycles. The lowest BCUT2D eigenvalue weighted by atomic mass is 10.4. The first-order valence-corrected chi connectivity index (χ1v) is 3.47. The Bertz CT molecular complexity index is 374. The third kappa shape index (κ3) is 2.41. The topological polar surface area (TPSA) is 95.6 Å². The minimum atomic E-state index is -0.561. The predicted molar refractivity (Wildman–Crippen MR) is 44.5 cm³/mol. The molecule has 0 spiro atoms. The number of nitrogens with zero attached hydrogens (tertiary/aromatic N) is 3. The number of nitrogens with one attached hydrogen (secondary N) is 1. The minimum Gasteiger partial charge on any atom is -0.358 e. The molecular weight excluding hydrogens is 172 g/mol. The molecule has 0 saturated heterocycles. The van der Waals surface area contributed by atoms with Crippen molar-refractivity contribution in [2.75, 3.05) is 0 Å². The van der Waals surface area contributed by atoms with Crippen LogP contribution in [0.15, 0.2) is 12.3 Å². The van der Waals surface area contributed by atoms with Gasteiger partial charge < -0.3 is 10.1 Å². The van der Waals surface area contributed by atoms with Crippen molar-refractivity contribution < 1.29 is 4.92 Å².